The lowest BCUT2D eigenvalue weighted by Gasteiger charge is -2.14. The van der Waals surface area contributed by atoms with Crippen LogP contribution in [-0.2, 0) is 9.47 Å². The number of nitriles is 1. The van der Waals surface area contributed by atoms with E-state index < -0.39 is 0 Å². The molecule has 1 aromatic rings. The molecule has 1 aromatic carbocycles. The quantitative estimate of drug-likeness (QED) is 0.733. The number of methoxy groups -OCH3 is 2. The number of esters is 1. The van der Waals surface area contributed by atoms with E-state index in [0.717, 1.165) is 5.56 Å². The van der Waals surface area contributed by atoms with E-state index in [9.17, 15) is 4.79 Å². The van der Waals surface area contributed by atoms with Gasteiger partial charge in [-0.05, 0) is 24.1 Å². The van der Waals surface area contributed by atoms with E-state index in [1.54, 1.807) is 25.3 Å². The maximum atomic E-state index is 11.4. The smallest absolute Gasteiger partial charge is 0.337 e. The molecule has 0 bridgehead atoms. The Labute approximate surface area is 101 Å². The second-order valence-corrected chi connectivity index (χ2v) is 3.54. The molecule has 4 nitrogen and oxygen atoms in total. The van der Waals surface area contributed by atoms with Gasteiger partial charge in [-0.2, -0.15) is 5.26 Å². The summed E-state index contributed by atoms with van der Waals surface area (Å²) in [5.41, 5.74) is 1.37. The van der Waals surface area contributed by atoms with Crippen molar-refractivity contribution in [3.05, 3.63) is 35.4 Å². The molecule has 90 valence electrons. The van der Waals surface area contributed by atoms with Gasteiger partial charge in [0, 0.05) is 13.5 Å². The first kappa shape index (κ1) is 13.2. The third-order valence-corrected chi connectivity index (χ3v) is 2.48. The highest BCUT2D eigenvalue weighted by atomic mass is 16.5. The molecule has 17 heavy (non-hydrogen) atoms. The Bertz CT molecular complexity index is 423. The minimum absolute atomic E-state index is 0.167. The number of carbonyl (C=O) groups excluding carboxylic acids is 1. The summed E-state index contributed by atoms with van der Waals surface area (Å²) in [4.78, 5) is 11.4. The Balaban J connectivity index is 2.89. The Kier molecular flexibility index (Phi) is 5.18. The molecule has 0 aliphatic rings. The largest absolute Gasteiger partial charge is 0.465 e. The van der Waals surface area contributed by atoms with Crippen LogP contribution in [0.4, 0.5) is 0 Å². The molecule has 0 radical (unpaired) electrons. The number of hydrogen-bond acceptors (Lipinski definition) is 4. The van der Waals surface area contributed by atoms with Crippen molar-refractivity contribution in [3.8, 4) is 6.07 Å². The molecule has 0 amide bonds. The van der Waals surface area contributed by atoms with Gasteiger partial charge in [0.05, 0.1) is 24.8 Å². The molecule has 0 N–H and O–H groups in total. The molecular weight excluding hydrogens is 218 g/mol. The van der Waals surface area contributed by atoms with Crippen molar-refractivity contribution in [2.75, 3.05) is 14.2 Å². The van der Waals surface area contributed by atoms with Crippen LogP contribution in [0.1, 0.15) is 34.9 Å². The van der Waals surface area contributed by atoms with E-state index >= 15 is 0 Å². The van der Waals surface area contributed by atoms with Gasteiger partial charge in [-0.25, -0.2) is 4.79 Å². The number of rotatable bonds is 5. The van der Waals surface area contributed by atoms with Gasteiger partial charge in [-0.15, -0.1) is 0 Å². The lowest BCUT2D eigenvalue weighted by molar-refractivity contribution is 0.0599. The van der Waals surface area contributed by atoms with Gasteiger partial charge in [0.15, 0.2) is 0 Å². The molecule has 1 atom stereocenters. The van der Waals surface area contributed by atoms with E-state index in [4.69, 9.17) is 10.00 Å². The van der Waals surface area contributed by atoms with Crippen LogP contribution in [-0.4, -0.2) is 20.2 Å². The monoisotopic (exact) mass is 233 g/mol. The van der Waals surface area contributed by atoms with Gasteiger partial charge in [-0.3, -0.25) is 0 Å². The maximum Gasteiger partial charge on any atom is 0.337 e. The van der Waals surface area contributed by atoms with Gasteiger partial charge in [0.1, 0.15) is 0 Å². The first-order valence-corrected chi connectivity index (χ1v) is 5.31. The number of carbonyl (C=O) groups is 1. The fourth-order valence-corrected chi connectivity index (χ4v) is 1.60. The summed E-state index contributed by atoms with van der Waals surface area (Å²) >= 11 is 0. The fraction of sp³-hybridized carbons (Fsp3) is 0.385. The molecule has 4 heteroatoms. The van der Waals surface area contributed by atoms with Crippen LogP contribution >= 0.6 is 0 Å². The van der Waals surface area contributed by atoms with E-state index in [1.165, 1.54) is 7.11 Å². The van der Waals surface area contributed by atoms with Gasteiger partial charge < -0.3 is 9.47 Å². The van der Waals surface area contributed by atoms with E-state index in [0.29, 0.717) is 18.4 Å². The molecule has 0 saturated carbocycles. The molecule has 0 heterocycles. The van der Waals surface area contributed by atoms with Crippen molar-refractivity contribution in [1.29, 1.82) is 5.26 Å². The second kappa shape index (κ2) is 6.66. The third kappa shape index (κ3) is 3.58. The molecule has 0 aromatic heterocycles. The SMILES string of the molecule is COC(=O)c1cccc(C(CCC#N)OC)c1. The topological polar surface area (TPSA) is 59.3 Å². The van der Waals surface area contributed by atoms with Crippen molar-refractivity contribution in [1.82, 2.24) is 0 Å². The van der Waals surface area contributed by atoms with Crippen LogP contribution < -0.4 is 0 Å². The predicted octanol–water partition coefficient (Wildman–Crippen LogP) is 2.46. The van der Waals surface area contributed by atoms with Crippen molar-refractivity contribution in [2.24, 2.45) is 0 Å². The average Bonchev–Trinajstić information content (AvgIpc) is 2.39. The molecule has 0 saturated heterocycles. The Morgan fingerprint density at radius 2 is 2.24 bits per heavy atom. The summed E-state index contributed by atoms with van der Waals surface area (Å²) in [6.45, 7) is 0. The van der Waals surface area contributed by atoms with Crippen LogP contribution in [0.25, 0.3) is 0 Å². The lowest BCUT2D eigenvalue weighted by Crippen LogP contribution is -2.05. The van der Waals surface area contributed by atoms with Crippen molar-refractivity contribution in [2.45, 2.75) is 18.9 Å². The zero-order chi connectivity index (χ0) is 12.7. The minimum atomic E-state index is -0.373. The number of hydrogen-bond donors (Lipinski definition) is 0. The third-order valence-electron chi connectivity index (χ3n) is 2.48. The van der Waals surface area contributed by atoms with Crippen molar-refractivity contribution < 1.29 is 14.3 Å². The molecule has 0 spiro atoms. The number of ether oxygens (including phenoxy) is 2. The summed E-state index contributed by atoms with van der Waals surface area (Å²) in [5.74, 6) is -0.373. The molecule has 0 fully saturated rings. The first-order chi connectivity index (χ1) is 8.22. The summed E-state index contributed by atoms with van der Waals surface area (Å²) < 4.78 is 9.96. The normalized spacial score (nSPS) is 11.6. The Morgan fingerprint density at radius 1 is 1.47 bits per heavy atom. The molecular formula is C13H15NO3. The zero-order valence-corrected chi connectivity index (χ0v) is 9.97. The molecule has 0 aliphatic heterocycles. The average molecular weight is 233 g/mol. The van der Waals surface area contributed by atoms with Crippen LogP contribution in [0.2, 0.25) is 0 Å². The Hall–Kier alpha value is -1.86. The van der Waals surface area contributed by atoms with Crippen molar-refractivity contribution in [3.63, 3.8) is 0 Å². The lowest BCUT2D eigenvalue weighted by atomic mass is 10.0. The standard InChI is InChI=1S/C13H15NO3/c1-16-12(7-4-8-14)10-5-3-6-11(9-10)13(15)17-2/h3,5-6,9,12H,4,7H2,1-2H3. The van der Waals surface area contributed by atoms with E-state index in [1.807, 2.05) is 6.07 Å². The number of benzene rings is 1. The summed E-state index contributed by atoms with van der Waals surface area (Å²) in [6, 6.07) is 9.15. The van der Waals surface area contributed by atoms with Crippen molar-refractivity contribution >= 4 is 5.97 Å². The highest BCUT2D eigenvalue weighted by molar-refractivity contribution is 5.89. The zero-order valence-electron chi connectivity index (χ0n) is 9.97. The fourth-order valence-electron chi connectivity index (χ4n) is 1.60. The summed E-state index contributed by atoms with van der Waals surface area (Å²) in [6.07, 6.45) is 0.859. The summed E-state index contributed by atoms with van der Waals surface area (Å²) in [5, 5.41) is 8.56. The molecule has 1 unspecified atom stereocenters. The summed E-state index contributed by atoms with van der Waals surface area (Å²) in [7, 11) is 2.94. The number of nitrogens with zero attached hydrogens (tertiary/aromatic N) is 1. The second-order valence-electron chi connectivity index (χ2n) is 3.54. The Morgan fingerprint density at radius 3 is 2.82 bits per heavy atom. The van der Waals surface area contributed by atoms with Gasteiger partial charge in [-0.1, -0.05) is 12.1 Å². The van der Waals surface area contributed by atoms with Gasteiger partial charge >= 0.3 is 5.97 Å². The predicted molar refractivity (Wildman–Crippen MR) is 62.4 cm³/mol. The minimum Gasteiger partial charge on any atom is -0.465 e. The van der Waals surface area contributed by atoms with E-state index in [-0.39, 0.29) is 12.1 Å². The molecule has 0 aliphatic carbocycles. The highest BCUT2D eigenvalue weighted by Gasteiger charge is 2.13. The van der Waals surface area contributed by atoms with Crippen LogP contribution in [0.5, 0.6) is 0 Å². The van der Waals surface area contributed by atoms with Crippen LogP contribution in [0.15, 0.2) is 24.3 Å². The maximum absolute atomic E-state index is 11.4. The van der Waals surface area contributed by atoms with E-state index in [2.05, 4.69) is 10.8 Å². The van der Waals surface area contributed by atoms with Crippen LogP contribution in [0.3, 0.4) is 0 Å². The van der Waals surface area contributed by atoms with Gasteiger partial charge in [0.2, 0.25) is 0 Å². The van der Waals surface area contributed by atoms with Crippen LogP contribution in [0, 0.1) is 11.3 Å². The highest BCUT2D eigenvalue weighted by Crippen LogP contribution is 2.22. The first-order valence-electron chi connectivity index (χ1n) is 5.31. The molecule has 1 rings (SSSR count). The van der Waals surface area contributed by atoms with Gasteiger partial charge in [0.25, 0.3) is 0 Å².